The summed E-state index contributed by atoms with van der Waals surface area (Å²) in [7, 11) is 2.17. The van der Waals surface area contributed by atoms with Gasteiger partial charge in [-0.05, 0) is 19.5 Å². The number of rotatable bonds is 4. The van der Waals surface area contributed by atoms with Crippen LogP contribution in [0.15, 0.2) is 24.3 Å². The maximum atomic E-state index is 12.3. The van der Waals surface area contributed by atoms with E-state index in [1.54, 1.807) is 0 Å². The molecular formula is C19H31N3O. The van der Waals surface area contributed by atoms with Crippen molar-refractivity contribution >= 4 is 5.91 Å². The third-order valence-electron chi connectivity index (χ3n) is 4.58. The molecule has 1 aliphatic heterocycles. The number of nitrogens with zero attached hydrogens (tertiary/aromatic N) is 2. The third kappa shape index (κ3) is 5.05. The molecule has 1 aromatic carbocycles. The van der Waals surface area contributed by atoms with E-state index in [9.17, 15) is 4.79 Å². The molecule has 0 saturated carbocycles. The van der Waals surface area contributed by atoms with E-state index >= 15 is 0 Å². The summed E-state index contributed by atoms with van der Waals surface area (Å²) in [5.74, 6) is 0.115. The minimum Gasteiger partial charge on any atom is -0.354 e. The first-order chi connectivity index (χ1) is 10.8. The number of aryl methyl sites for hydroxylation is 1. The molecule has 1 aliphatic rings. The van der Waals surface area contributed by atoms with Crippen molar-refractivity contribution in [3.8, 4) is 0 Å². The van der Waals surface area contributed by atoms with E-state index in [4.69, 9.17) is 0 Å². The van der Waals surface area contributed by atoms with Crippen LogP contribution in [0.1, 0.15) is 37.9 Å². The number of likely N-dealkylation sites (N-methyl/N-ethyl adjacent to an activating group) is 1. The average molecular weight is 317 g/mol. The molecule has 1 unspecified atom stereocenters. The monoisotopic (exact) mass is 317 g/mol. The number of nitrogens with one attached hydrogen (secondary N) is 1. The van der Waals surface area contributed by atoms with Gasteiger partial charge in [0.15, 0.2) is 0 Å². The molecule has 1 saturated heterocycles. The molecule has 0 bridgehead atoms. The number of hydrogen-bond acceptors (Lipinski definition) is 3. The fourth-order valence-electron chi connectivity index (χ4n) is 2.83. The molecule has 1 atom stereocenters. The second kappa shape index (κ2) is 7.45. The summed E-state index contributed by atoms with van der Waals surface area (Å²) in [5.41, 5.74) is 2.21. The molecular weight excluding hydrogens is 286 g/mol. The Morgan fingerprint density at radius 2 is 1.70 bits per heavy atom. The van der Waals surface area contributed by atoms with Crippen LogP contribution in [0.3, 0.4) is 0 Å². The lowest BCUT2D eigenvalue weighted by atomic mass is 9.95. The van der Waals surface area contributed by atoms with Crippen LogP contribution in [0.5, 0.6) is 0 Å². The largest absolute Gasteiger partial charge is 0.354 e. The van der Waals surface area contributed by atoms with E-state index in [-0.39, 0.29) is 17.4 Å². The summed E-state index contributed by atoms with van der Waals surface area (Å²) in [5, 5.41) is 3.15. The Balaban J connectivity index is 2.11. The van der Waals surface area contributed by atoms with E-state index in [1.165, 1.54) is 11.1 Å². The van der Waals surface area contributed by atoms with Crippen LogP contribution in [0.4, 0.5) is 0 Å². The Kier molecular flexibility index (Phi) is 5.82. The molecule has 1 N–H and O–H groups in total. The van der Waals surface area contributed by atoms with Crippen LogP contribution in [0.2, 0.25) is 0 Å². The van der Waals surface area contributed by atoms with Crippen molar-refractivity contribution < 1.29 is 4.79 Å². The molecule has 1 amide bonds. The van der Waals surface area contributed by atoms with Crippen LogP contribution in [0, 0.1) is 12.3 Å². The summed E-state index contributed by atoms with van der Waals surface area (Å²) >= 11 is 0. The van der Waals surface area contributed by atoms with E-state index in [0.717, 1.165) is 26.2 Å². The highest BCUT2D eigenvalue weighted by Crippen LogP contribution is 2.23. The van der Waals surface area contributed by atoms with Gasteiger partial charge in [0.25, 0.3) is 0 Å². The van der Waals surface area contributed by atoms with Gasteiger partial charge in [0.2, 0.25) is 5.91 Å². The molecule has 4 nitrogen and oxygen atoms in total. The van der Waals surface area contributed by atoms with Gasteiger partial charge >= 0.3 is 0 Å². The summed E-state index contributed by atoms with van der Waals surface area (Å²) in [6.45, 7) is 12.9. The summed E-state index contributed by atoms with van der Waals surface area (Å²) in [6, 6.07) is 8.95. The smallest absolute Gasteiger partial charge is 0.225 e. The Bertz CT molecular complexity index is 510. The van der Waals surface area contributed by atoms with Gasteiger partial charge in [0.05, 0.1) is 6.04 Å². The standard InChI is InChI=1S/C19H31N3O/c1-15-6-8-16(9-7-15)17(14-20-18(23)19(2,3)4)22-12-10-21(5)11-13-22/h6-9,17H,10-14H2,1-5H3,(H,20,23). The van der Waals surface area contributed by atoms with E-state index in [0.29, 0.717) is 6.54 Å². The minimum atomic E-state index is -0.347. The molecule has 2 rings (SSSR count). The normalized spacial score (nSPS) is 18.7. The minimum absolute atomic E-state index is 0.115. The molecule has 0 aromatic heterocycles. The summed E-state index contributed by atoms with van der Waals surface area (Å²) in [4.78, 5) is 17.1. The van der Waals surface area contributed by atoms with Gasteiger partial charge in [-0.25, -0.2) is 0 Å². The molecule has 4 heteroatoms. The van der Waals surface area contributed by atoms with Gasteiger partial charge in [-0.3, -0.25) is 9.69 Å². The fraction of sp³-hybridized carbons (Fsp3) is 0.632. The highest BCUT2D eigenvalue weighted by molar-refractivity contribution is 5.81. The van der Waals surface area contributed by atoms with Gasteiger partial charge in [0.1, 0.15) is 0 Å². The van der Waals surface area contributed by atoms with Crippen LogP contribution in [0.25, 0.3) is 0 Å². The maximum absolute atomic E-state index is 12.3. The van der Waals surface area contributed by atoms with Crippen molar-refractivity contribution in [1.82, 2.24) is 15.1 Å². The van der Waals surface area contributed by atoms with Crippen molar-refractivity contribution in [2.24, 2.45) is 5.41 Å². The lowest BCUT2D eigenvalue weighted by molar-refractivity contribution is -0.128. The van der Waals surface area contributed by atoms with Gasteiger partial charge in [-0.15, -0.1) is 0 Å². The van der Waals surface area contributed by atoms with E-state index in [1.807, 2.05) is 20.8 Å². The van der Waals surface area contributed by atoms with Crippen LogP contribution in [-0.4, -0.2) is 55.5 Å². The van der Waals surface area contributed by atoms with Crippen LogP contribution < -0.4 is 5.32 Å². The predicted molar refractivity (Wildman–Crippen MR) is 95.5 cm³/mol. The predicted octanol–water partition coefficient (Wildman–Crippen LogP) is 2.45. The Labute approximate surface area is 140 Å². The maximum Gasteiger partial charge on any atom is 0.225 e. The number of piperazine rings is 1. The van der Waals surface area contributed by atoms with Crippen molar-refractivity contribution in [3.05, 3.63) is 35.4 Å². The topological polar surface area (TPSA) is 35.6 Å². The highest BCUT2D eigenvalue weighted by Gasteiger charge is 2.26. The van der Waals surface area contributed by atoms with Gasteiger partial charge in [-0.2, -0.15) is 0 Å². The first-order valence-electron chi connectivity index (χ1n) is 8.55. The number of hydrogen-bond donors (Lipinski definition) is 1. The Morgan fingerprint density at radius 1 is 1.13 bits per heavy atom. The lowest BCUT2D eigenvalue weighted by Crippen LogP contribution is -2.49. The zero-order valence-electron chi connectivity index (χ0n) is 15.2. The molecule has 1 aromatic rings. The quantitative estimate of drug-likeness (QED) is 0.926. The lowest BCUT2D eigenvalue weighted by Gasteiger charge is -2.38. The summed E-state index contributed by atoms with van der Waals surface area (Å²) in [6.07, 6.45) is 0. The van der Waals surface area contributed by atoms with Crippen molar-refractivity contribution in [3.63, 3.8) is 0 Å². The van der Waals surface area contributed by atoms with Gasteiger partial charge in [-0.1, -0.05) is 50.6 Å². The second-order valence-electron chi connectivity index (χ2n) is 7.73. The first-order valence-corrected chi connectivity index (χ1v) is 8.55. The number of carbonyl (C=O) groups is 1. The average Bonchev–Trinajstić information content (AvgIpc) is 2.49. The van der Waals surface area contributed by atoms with Crippen molar-refractivity contribution in [1.29, 1.82) is 0 Å². The zero-order valence-corrected chi connectivity index (χ0v) is 15.2. The van der Waals surface area contributed by atoms with Crippen molar-refractivity contribution in [2.45, 2.75) is 33.7 Å². The second-order valence-corrected chi connectivity index (χ2v) is 7.73. The fourth-order valence-corrected chi connectivity index (χ4v) is 2.83. The van der Waals surface area contributed by atoms with E-state index < -0.39 is 0 Å². The van der Waals surface area contributed by atoms with Crippen molar-refractivity contribution in [2.75, 3.05) is 39.8 Å². The molecule has 0 radical (unpaired) electrons. The summed E-state index contributed by atoms with van der Waals surface area (Å²) < 4.78 is 0. The third-order valence-corrected chi connectivity index (χ3v) is 4.58. The zero-order chi connectivity index (χ0) is 17.0. The van der Waals surface area contributed by atoms with Gasteiger partial charge in [0, 0.05) is 38.1 Å². The van der Waals surface area contributed by atoms with E-state index in [2.05, 4.69) is 53.4 Å². The Morgan fingerprint density at radius 3 is 2.22 bits per heavy atom. The van der Waals surface area contributed by atoms with Gasteiger partial charge < -0.3 is 10.2 Å². The van der Waals surface area contributed by atoms with Crippen LogP contribution >= 0.6 is 0 Å². The number of carbonyl (C=O) groups excluding carboxylic acids is 1. The SMILES string of the molecule is Cc1ccc(C(CNC(=O)C(C)(C)C)N2CCN(C)CC2)cc1. The molecule has 128 valence electrons. The number of benzene rings is 1. The number of amides is 1. The highest BCUT2D eigenvalue weighted by atomic mass is 16.2. The van der Waals surface area contributed by atoms with Crippen LogP contribution in [-0.2, 0) is 4.79 Å². The molecule has 1 heterocycles. The Hall–Kier alpha value is -1.39. The molecule has 0 spiro atoms. The molecule has 23 heavy (non-hydrogen) atoms. The first kappa shape index (κ1) is 18.0. The molecule has 1 fully saturated rings. The molecule has 0 aliphatic carbocycles.